The molecule has 0 saturated heterocycles. The van der Waals surface area contributed by atoms with Crippen LogP contribution in [0.15, 0.2) is 0 Å². The molecule has 0 aromatic carbocycles. The fourth-order valence-corrected chi connectivity index (χ4v) is 0.372. The summed E-state index contributed by atoms with van der Waals surface area (Å²) in [5.74, 6) is -0.884. The second kappa shape index (κ2) is 3.15. The minimum Gasteiger partial charge on any atom is -0.463 e. The molecule has 54 valence electrons. The molecular weight excluding hydrogens is 191 g/mol. The van der Waals surface area contributed by atoms with E-state index in [1.807, 2.05) is 0 Å². The Morgan fingerprint density at radius 3 is 2.44 bits per heavy atom. The lowest BCUT2D eigenvalue weighted by atomic mass is 10.4. The van der Waals surface area contributed by atoms with Crippen molar-refractivity contribution in [3.63, 3.8) is 0 Å². The zero-order chi connectivity index (χ0) is 7.49. The molecule has 0 bridgehead atoms. The summed E-state index contributed by atoms with van der Waals surface area (Å²) in [6.07, 6.45) is 0. The van der Waals surface area contributed by atoms with Crippen molar-refractivity contribution in [2.75, 3.05) is 6.61 Å². The normalized spacial score (nSPS) is 16.4. The van der Waals surface area contributed by atoms with Crippen LogP contribution in [0.1, 0.15) is 13.8 Å². The summed E-state index contributed by atoms with van der Waals surface area (Å²) in [4.78, 5) is 10.4. The number of carbonyl (C=O) groups excluding carboxylic acids is 1. The summed E-state index contributed by atoms with van der Waals surface area (Å²) < 4.78 is 14.7. The number of esters is 1. The summed E-state index contributed by atoms with van der Waals surface area (Å²) in [6.45, 7) is 2.91. The molecule has 0 N–H and O–H groups in total. The zero-order valence-corrected chi connectivity index (χ0v) is 6.87. The van der Waals surface area contributed by atoms with Crippen LogP contribution in [0.4, 0.5) is 4.39 Å². The Kier molecular flexibility index (Phi) is 3.11. The monoisotopic (exact) mass is 198 g/mol. The van der Waals surface area contributed by atoms with Gasteiger partial charge < -0.3 is 4.74 Å². The SMILES string of the molecule is CCOC(=O)C(C)(F)Br. The highest BCUT2D eigenvalue weighted by molar-refractivity contribution is 9.10. The van der Waals surface area contributed by atoms with Crippen molar-refractivity contribution in [2.45, 2.75) is 18.4 Å². The highest BCUT2D eigenvalue weighted by Crippen LogP contribution is 2.19. The number of rotatable bonds is 2. The highest BCUT2D eigenvalue weighted by atomic mass is 79.9. The molecule has 0 aliphatic rings. The van der Waals surface area contributed by atoms with Gasteiger partial charge in [-0.25, -0.2) is 9.18 Å². The van der Waals surface area contributed by atoms with Gasteiger partial charge >= 0.3 is 5.97 Å². The van der Waals surface area contributed by atoms with E-state index < -0.39 is 10.5 Å². The Balaban J connectivity index is 3.74. The molecule has 0 fully saturated rings. The first-order valence-electron chi connectivity index (χ1n) is 2.53. The number of ether oxygens (including phenoxy) is 1. The van der Waals surface area contributed by atoms with Crippen LogP contribution < -0.4 is 0 Å². The largest absolute Gasteiger partial charge is 0.463 e. The van der Waals surface area contributed by atoms with E-state index in [-0.39, 0.29) is 6.61 Å². The van der Waals surface area contributed by atoms with Crippen LogP contribution in [0.25, 0.3) is 0 Å². The average Bonchev–Trinajstić information content (AvgIpc) is 1.64. The van der Waals surface area contributed by atoms with Crippen molar-refractivity contribution in [3.8, 4) is 0 Å². The second-order valence-corrected chi connectivity index (χ2v) is 3.10. The Bertz CT molecular complexity index is 108. The molecule has 0 saturated carbocycles. The second-order valence-electron chi connectivity index (χ2n) is 1.61. The molecule has 0 aliphatic carbocycles. The summed E-state index contributed by atoms with van der Waals surface area (Å²) in [7, 11) is 0. The van der Waals surface area contributed by atoms with E-state index >= 15 is 0 Å². The minimum absolute atomic E-state index is 0.198. The van der Waals surface area contributed by atoms with Gasteiger partial charge in [-0.3, -0.25) is 0 Å². The topological polar surface area (TPSA) is 26.3 Å². The fourth-order valence-electron chi connectivity index (χ4n) is 0.258. The van der Waals surface area contributed by atoms with Crippen LogP contribution in [0.5, 0.6) is 0 Å². The van der Waals surface area contributed by atoms with Crippen molar-refractivity contribution in [2.24, 2.45) is 0 Å². The summed E-state index contributed by atoms with van der Waals surface area (Å²) in [5.41, 5.74) is 0. The molecule has 9 heavy (non-hydrogen) atoms. The first kappa shape index (κ1) is 8.88. The highest BCUT2D eigenvalue weighted by Gasteiger charge is 2.30. The lowest BCUT2D eigenvalue weighted by Crippen LogP contribution is -2.24. The van der Waals surface area contributed by atoms with Gasteiger partial charge in [-0.2, -0.15) is 0 Å². The Morgan fingerprint density at radius 1 is 1.89 bits per heavy atom. The molecule has 0 aromatic heterocycles. The number of hydrogen-bond donors (Lipinski definition) is 0. The van der Waals surface area contributed by atoms with Crippen molar-refractivity contribution in [1.29, 1.82) is 0 Å². The molecule has 1 unspecified atom stereocenters. The van der Waals surface area contributed by atoms with Crippen molar-refractivity contribution >= 4 is 21.9 Å². The number of carbonyl (C=O) groups is 1. The van der Waals surface area contributed by atoms with Crippen LogP contribution in [-0.4, -0.2) is 17.2 Å². The van der Waals surface area contributed by atoms with E-state index in [1.54, 1.807) is 6.92 Å². The van der Waals surface area contributed by atoms with Crippen molar-refractivity contribution in [3.05, 3.63) is 0 Å². The zero-order valence-electron chi connectivity index (χ0n) is 5.28. The van der Waals surface area contributed by atoms with E-state index in [0.717, 1.165) is 6.92 Å². The van der Waals surface area contributed by atoms with E-state index in [4.69, 9.17) is 0 Å². The standard InChI is InChI=1S/C5H8BrFO2/c1-3-9-4(8)5(2,6)7/h3H2,1-2H3. The van der Waals surface area contributed by atoms with Gasteiger partial charge in [0.15, 0.2) is 0 Å². The van der Waals surface area contributed by atoms with Crippen LogP contribution in [0, 0.1) is 0 Å². The molecule has 0 heterocycles. The smallest absolute Gasteiger partial charge is 0.354 e. The lowest BCUT2D eigenvalue weighted by Gasteiger charge is -2.08. The molecular formula is C5H8BrFO2. The summed E-state index contributed by atoms with van der Waals surface area (Å²) in [5, 5.41) is 0. The van der Waals surface area contributed by atoms with Gasteiger partial charge in [-0.15, -0.1) is 0 Å². The van der Waals surface area contributed by atoms with E-state index in [0.29, 0.717) is 0 Å². The van der Waals surface area contributed by atoms with Gasteiger partial charge in [0.1, 0.15) is 0 Å². The van der Waals surface area contributed by atoms with Crippen LogP contribution in [0.3, 0.4) is 0 Å². The van der Waals surface area contributed by atoms with Crippen LogP contribution in [-0.2, 0) is 9.53 Å². The molecule has 4 heteroatoms. The molecule has 0 rings (SSSR count). The molecule has 0 aliphatic heterocycles. The maximum Gasteiger partial charge on any atom is 0.354 e. The molecule has 0 amide bonds. The Morgan fingerprint density at radius 2 is 2.33 bits per heavy atom. The van der Waals surface area contributed by atoms with Gasteiger partial charge in [0.25, 0.3) is 4.58 Å². The quantitative estimate of drug-likeness (QED) is 0.499. The first-order chi connectivity index (χ1) is 3.98. The van der Waals surface area contributed by atoms with Gasteiger partial charge in [0, 0.05) is 0 Å². The summed E-state index contributed by atoms with van der Waals surface area (Å²) >= 11 is 2.50. The fraction of sp³-hybridized carbons (Fsp3) is 0.800. The van der Waals surface area contributed by atoms with Gasteiger partial charge in [0.2, 0.25) is 0 Å². The van der Waals surface area contributed by atoms with E-state index in [1.165, 1.54) is 0 Å². The van der Waals surface area contributed by atoms with Crippen molar-refractivity contribution in [1.82, 2.24) is 0 Å². The Hall–Kier alpha value is -0.120. The molecule has 1 atom stereocenters. The predicted octanol–water partition coefficient (Wildman–Crippen LogP) is 1.63. The molecule has 0 radical (unpaired) electrons. The minimum atomic E-state index is -2.04. The maximum absolute atomic E-state index is 12.4. The van der Waals surface area contributed by atoms with E-state index in [9.17, 15) is 9.18 Å². The number of hydrogen-bond acceptors (Lipinski definition) is 2. The van der Waals surface area contributed by atoms with Gasteiger partial charge in [0.05, 0.1) is 6.61 Å². The average molecular weight is 199 g/mol. The van der Waals surface area contributed by atoms with Crippen LogP contribution >= 0.6 is 15.9 Å². The lowest BCUT2D eigenvalue weighted by molar-refractivity contribution is -0.149. The molecule has 0 aromatic rings. The van der Waals surface area contributed by atoms with E-state index in [2.05, 4.69) is 20.7 Å². The third-order valence-corrected chi connectivity index (χ3v) is 0.958. The van der Waals surface area contributed by atoms with Gasteiger partial charge in [-0.05, 0) is 29.8 Å². The number of alkyl halides is 2. The molecule has 2 nitrogen and oxygen atoms in total. The Labute approximate surface area is 61.5 Å². The predicted molar refractivity (Wildman–Crippen MR) is 35.1 cm³/mol. The molecule has 0 spiro atoms. The van der Waals surface area contributed by atoms with Gasteiger partial charge in [-0.1, -0.05) is 0 Å². The van der Waals surface area contributed by atoms with Crippen LogP contribution in [0.2, 0.25) is 0 Å². The maximum atomic E-state index is 12.4. The first-order valence-corrected chi connectivity index (χ1v) is 3.32. The number of halogens is 2. The summed E-state index contributed by atoms with van der Waals surface area (Å²) in [6, 6.07) is 0. The van der Waals surface area contributed by atoms with Crippen molar-refractivity contribution < 1.29 is 13.9 Å². The third-order valence-electron chi connectivity index (χ3n) is 0.634. The third kappa shape index (κ3) is 3.46.